The molecule has 0 saturated carbocycles. The summed E-state index contributed by atoms with van der Waals surface area (Å²) in [5.41, 5.74) is 2.88. The van der Waals surface area contributed by atoms with Gasteiger partial charge < -0.3 is 5.11 Å². The van der Waals surface area contributed by atoms with Gasteiger partial charge in [-0.05, 0) is 30.4 Å². The van der Waals surface area contributed by atoms with Gasteiger partial charge in [0.2, 0.25) is 5.88 Å². The highest BCUT2D eigenvalue weighted by Crippen LogP contribution is 2.17. The molecule has 2 N–H and O–H groups in total. The van der Waals surface area contributed by atoms with E-state index in [9.17, 15) is 9.90 Å². The normalized spacial score (nSPS) is 13.7. The van der Waals surface area contributed by atoms with Crippen LogP contribution in [0.5, 0.6) is 5.88 Å². The Morgan fingerprint density at radius 3 is 2.96 bits per heavy atom. The summed E-state index contributed by atoms with van der Waals surface area (Å²) in [5, 5.41) is 14.8. The van der Waals surface area contributed by atoms with Crippen LogP contribution in [0.15, 0.2) is 33.4 Å². The summed E-state index contributed by atoms with van der Waals surface area (Å²) in [6.07, 6.45) is 4.54. The molecule has 1 aliphatic rings. The summed E-state index contributed by atoms with van der Waals surface area (Å²) in [7, 11) is 0. The first-order chi connectivity index (χ1) is 11.6. The number of thiazole rings is 2. The third kappa shape index (κ3) is 2.83. The number of benzene rings is 1. The van der Waals surface area contributed by atoms with Gasteiger partial charge in [0.25, 0.3) is 0 Å². The van der Waals surface area contributed by atoms with Crippen LogP contribution < -0.4 is 15.3 Å². The zero-order chi connectivity index (χ0) is 16.7. The van der Waals surface area contributed by atoms with E-state index in [0.29, 0.717) is 11.3 Å². The van der Waals surface area contributed by atoms with Crippen LogP contribution in [0.4, 0.5) is 5.69 Å². The Morgan fingerprint density at radius 1 is 1.38 bits per heavy atom. The molecule has 24 heavy (non-hydrogen) atoms. The molecule has 0 saturated heterocycles. The lowest BCUT2D eigenvalue weighted by Crippen LogP contribution is -2.23. The van der Waals surface area contributed by atoms with Gasteiger partial charge in [0.1, 0.15) is 0 Å². The Bertz CT molecular complexity index is 1140. The molecule has 1 aliphatic heterocycles. The highest BCUT2D eigenvalue weighted by Gasteiger charge is 2.10. The molecule has 3 aromatic rings. The molecule has 2 aromatic heterocycles. The molecule has 0 aliphatic carbocycles. The van der Waals surface area contributed by atoms with E-state index in [4.69, 9.17) is 0 Å². The maximum absolute atomic E-state index is 11.3. The van der Waals surface area contributed by atoms with Gasteiger partial charge in [0.15, 0.2) is 0 Å². The maximum Gasteiger partial charge on any atom is 0.307 e. The van der Waals surface area contributed by atoms with Crippen molar-refractivity contribution in [3.63, 3.8) is 0 Å². The minimum Gasteiger partial charge on any atom is -0.493 e. The molecule has 4 rings (SSSR count). The van der Waals surface area contributed by atoms with Gasteiger partial charge in [-0.25, -0.2) is 4.98 Å². The highest BCUT2D eigenvalue weighted by atomic mass is 32.1. The molecule has 0 amide bonds. The van der Waals surface area contributed by atoms with Crippen molar-refractivity contribution >= 4 is 46.2 Å². The average molecular weight is 355 g/mol. The number of hydrogen-bond donors (Lipinski definition) is 2. The van der Waals surface area contributed by atoms with E-state index in [-0.39, 0.29) is 10.8 Å². The molecule has 7 heteroatoms. The Morgan fingerprint density at radius 2 is 2.25 bits per heavy atom. The zero-order valence-corrected chi connectivity index (χ0v) is 14.4. The van der Waals surface area contributed by atoms with Crippen molar-refractivity contribution in [3.8, 4) is 5.88 Å². The standard InChI is InChI=1S/C17H13N3O2S2/c1-9-18-12(8-23-9)6-11-7-13-10(3-2-4-14(13)19-11)5-15-16(21)20-17(22)24-15/h2-5,7-8,21H,6H2,1H3,(H,20,22). The van der Waals surface area contributed by atoms with Crippen molar-refractivity contribution in [3.05, 3.63) is 59.3 Å². The second-order valence-electron chi connectivity index (χ2n) is 5.43. The molecule has 1 aromatic carbocycles. The number of hydrogen-bond acceptors (Lipinski definition) is 6. The lowest BCUT2D eigenvalue weighted by Gasteiger charge is -1.93. The third-order valence-electron chi connectivity index (χ3n) is 3.66. The van der Waals surface area contributed by atoms with Crippen LogP contribution in [0.2, 0.25) is 0 Å². The number of aromatic amines is 1. The summed E-state index contributed by atoms with van der Waals surface area (Å²) in [4.78, 5) is 23.1. The predicted molar refractivity (Wildman–Crippen MR) is 98.0 cm³/mol. The summed E-state index contributed by atoms with van der Waals surface area (Å²) < 4.78 is 0. The topological polar surface area (TPSA) is 78.3 Å². The molecule has 120 valence electrons. The second kappa shape index (κ2) is 5.85. The number of aromatic hydroxyl groups is 1. The number of aromatic nitrogens is 2. The molecule has 0 radical (unpaired) electrons. The van der Waals surface area contributed by atoms with Crippen molar-refractivity contribution in [1.29, 1.82) is 0 Å². The van der Waals surface area contributed by atoms with Crippen molar-refractivity contribution in [2.24, 2.45) is 4.99 Å². The van der Waals surface area contributed by atoms with Crippen LogP contribution in [0.25, 0.3) is 12.2 Å². The lowest BCUT2D eigenvalue weighted by atomic mass is 10.1. The van der Waals surface area contributed by atoms with E-state index in [1.807, 2.05) is 31.2 Å². The minimum atomic E-state index is -0.272. The molecule has 0 unspecified atom stereocenters. The van der Waals surface area contributed by atoms with E-state index in [0.717, 1.165) is 43.9 Å². The van der Waals surface area contributed by atoms with Gasteiger partial charge in [-0.3, -0.25) is 14.8 Å². The van der Waals surface area contributed by atoms with Gasteiger partial charge in [-0.15, -0.1) is 11.3 Å². The van der Waals surface area contributed by atoms with E-state index in [1.54, 1.807) is 17.4 Å². The number of aryl methyl sites for hydroxylation is 1. The fourth-order valence-corrected chi connectivity index (χ4v) is 3.93. The van der Waals surface area contributed by atoms with E-state index in [1.165, 1.54) is 0 Å². The largest absolute Gasteiger partial charge is 0.493 e. The summed E-state index contributed by atoms with van der Waals surface area (Å²) in [6.45, 7) is 1.99. The number of fused-ring (bicyclic) bond motifs is 1. The first-order valence-corrected chi connectivity index (χ1v) is 9.01. The third-order valence-corrected chi connectivity index (χ3v) is 5.30. The van der Waals surface area contributed by atoms with Crippen LogP contribution >= 0.6 is 22.7 Å². The smallest absolute Gasteiger partial charge is 0.307 e. The average Bonchev–Trinajstić information content (AvgIpc) is 3.20. The molecule has 0 atom stereocenters. The first kappa shape index (κ1) is 15.0. The summed E-state index contributed by atoms with van der Waals surface area (Å²) >= 11 is 2.62. The predicted octanol–water partition coefficient (Wildman–Crippen LogP) is 1.85. The lowest BCUT2D eigenvalue weighted by molar-refractivity contribution is 0.455. The SMILES string of the molecule is Cc1nc(CC2=Nc3cccc(=Cc4sc(=O)[nH]c4O)c3=C2)cs1. The van der Waals surface area contributed by atoms with E-state index in [2.05, 4.69) is 20.3 Å². The number of aliphatic imine (C=N–C) groups is 1. The molecule has 3 heterocycles. The molecule has 0 bridgehead atoms. The highest BCUT2D eigenvalue weighted by molar-refractivity contribution is 7.10. The zero-order valence-electron chi connectivity index (χ0n) is 12.7. The van der Waals surface area contributed by atoms with Crippen LogP contribution in [0.3, 0.4) is 0 Å². The quantitative estimate of drug-likeness (QED) is 0.753. The van der Waals surface area contributed by atoms with E-state index >= 15 is 0 Å². The minimum absolute atomic E-state index is 0.0975. The molecule has 5 nitrogen and oxygen atoms in total. The van der Waals surface area contributed by atoms with E-state index < -0.39 is 0 Å². The fourth-order valence-electron chi connectivity index (χ4n) is 2.64. The Balaban J connectivity index is 1.76. The summed E-state index contributed by atoms with van der Waals surface area (Å²) in [5.74, 6) is -0.0975. The van der Waals surface area contributed by atoms with Gasteiger partial charge in [-0.1, -0.05) is 23.5 Å². The van der Waals surface area contributed by atoms with Crippen LogP contribution in [0, 0.1) is 6.92 Å². The van der Waals surface area contributed by atoms with Gasteiger partial charge >= 0.3 is 4.87 Å². The van der Waals surface area contributed by atoms with Gasteiger partial charge in [0.05, 0.1) is 21.3 Å². The number of H-pyrrole nitrogens is 1. The van der Waals surface area contributed by atoms with Gasteiger partial charge in [-0.2, -0.15) is 0 Å². The van der Waals surface area contributed by atoms with Crippen LogP contribution in [0.1, 0.15) is 15.6 Å². The molecular formula is C17H13N3O2S2. The molecule has 0 fully saturated rings. The number of nitrogens with one attached hydrogen (secondary N) is 1. The van der Waals surface area contributed by atoms with Crippen molar-refractivity contribution in [1.82, 2.24) is 9.97 Å². The van der Waals surface area contributed by atoms with Crippen LogP contribution in [-0.4, -0.2) is 20.8 Å². The fraction of sp³-hybridized carbons (Fsp3) is 0.118. The summed E-state index contributed by atoms with van der Waals surface area (Å²) in [6, 6.07) is 5.83. The Kier molecular flexibility index (Phi) is 3.66. The number of nitrogens with zero attached hydrogens (tertiary/aromatic N) is 2. The molecule has 0 spiro atoms. The second-order valence-corrected chi connectivity index (χ2v) is 7.51. The van der Waals surface area contributed by atoms with Crippen molar-refractivity contribution < 1.29 is 5.11 Å². The van der Waals surface area contributed by atoms with Crippen LogP contribution in [-0.2, 0) is 6.42 Å². The first-order valence-electron chi connectivity index (χ1n) is 7.31. The monoisotopic (exact) mass is 355 g/mol. The Hall–Kier alpha value is -2.51. The Labute approximate surface area is 145 Å². The van der Waals surface area contributed by atoms with Crippen molar-refractivity contribution in [2.75, 3.05) is 0 Å². The van der Waals surface area contributed by atoms with Crippen molar-refractivity contribution in [2.45, 2.75) is 13.3 Å². The van der Waals surface area contributed by atoms with Gasteiger partial charge in [0, 0.05) is 22.7 Å². The number of rotatable bonds is 3. The maximum atomic E-state index is 11.3. The molecular weight excluding hydrogens is 342 g/mol.